The fourth-order valence-corrected chi connectivity index (χ4v) is 3.49. The number of halogens is 1. The Morgan fingerprint density at radius 3 is 3.00 bits per heavy atom. The van der Waals surface area contributed by atoms with E-state index >= 15 is 0 Å². The van der Waals surface area contributed by atoms with Crippen molar-refractivity contribution in [2.45, 2.75) is 44.3 Å². The van der Waals surface area contributed by atoms with Crippen LogP contribution in [0.15, 0.2) is 22.8 Å². The van der Waals surface area contributed by atoms with E-state index in [1.807, 2.05) is 6.20 Å². The third-order valence-corrected chi connectivity index (χ3v) is 4.60. The maximum atomic E-state index is 4.49. The second kappa shape index (κ2) is 5.68. The molecule has 0 aliphatic carbocycles. The molecule has 2 fully saturated rings. The van der Waals surface area contributed by atoms with Gasteiger partial charge in [-0.25, -0.2) is 0 Å². The molecule has 4 heteroatoms. The summed E-state index contributed by atoms with van der Waals surface area (Å²) >= 11 is 3.44. The van der Waals surface area contributed by atoms with Crippen LogP contribution in [0.2, 0.25) is 0 Å². The molecule has 0 spiro atoms. The van der Waals surface area contributed by atoms with Gasteiger partial charge in [-0.2, -0.15) is 0 Å². The molecule has 0 aromatic carbocycles. The number of rotatable bonds is 3. The summed E-state index contributed by atoms with van der Waals surface area (Å²) in [7, 11) is 0. The molecule has 3 heterocycles. The Labute approximate surface area is 117 Å². The van der Waals surface area contributed by atoms with Crippen molar-refractivity contribution in [1.29, 1.82) is 0 Å². The number of hydrogen-bond acceptors (Lipinski definition) is 3. The summed E-state index contributed by atoms with van der Waals surface area (Å²) in [6.07, 6.45) is 7.25. The number of nitrogens with one attached hydrogen (secondary N) is 1. The first-order chi connectivity index (χ1) is 8.83. The molecule has 2 atom stereocenters. The lowest BCUT2D eigenvalue weighted by atomic mass is 10.0. The predicted molar refractivity (Wildman–Crippen MR) is 76.4 cm³/mol. The van der Waals surface area contributed by atoms with Crippen molar-refractivity contribution in [3.63, 3.8) is 0 Å². The SMILES string of the molecule is Brc1ccc(CN2CCCC2C2CCCN2)nc1. The van der Waals surface area contributed by atoms with Crippen LogP contribution in [0, 0.1) is 0 Å². The number of pyridine rings is 1. The van der Waals surface area contributed by atoms with Gasteiger partial charge in [0.1, 0.15) is 0 Å². The van der Waals surface area contributed by atoms with Gasteiger partial charge in [0, 0.05) is 29.3 Å². The summed E-state index contributed by atoms with van der Waals surface area (Å²) in [5.41, 5.74) is 1.18. The van der Waals surface area contributed by atoms with E-state index in [1.165, 1.54) is 44.5 Å². The number of hydrogen-bond donors (Lipinski definition) is 1. The lowest BCUT2D eigenvalue weighted by molar-refractivity contribution is 0.204. The summed E-state index contributed by atoms with van der Waals surface area (Å²) in [5.74, 6) is 0. The summed E-state index contributed by atoms with van der Waals surface area (Å²) < 4.78 is 1.06. The van der Waals surface area contributed by atoms with Gasteiger partial charge in [0.05, 0.1) is 5.69 Å². The molecule has 0 amide bonds. The third kappa shape index (κ3) is 2.76. The van der Waals surface area contributed by atoms with Crippen LogP contribution in [0.5, 0.6) is 0 Å². The Morgan fingerprint density at radius 2 is 2.28 bits per heavy atom. The van der Waals surface area contributed by atoms with Crippen molar-refractivity contribution in [1.82, 2.24) is 15.2 Å². The van der Waals surface area contributed by atoms with Gasteiger partial charge >= 0.3 is 0 Å². The Hall–Kier alpha value is -0.450. The Kier molecular flexibility index (Phi) is 3.97. The Bertz CT molecular complexity index is 387. The standard InChI is InChI=1S/C14H20BrN3/c15-11-5-6-12(17-9-11)10-18-8-2-4-14(18)13-3-1-7-16-13/h5-6,9,13-14,16H,1-4,7-8,10H2. The highest BCUT2D eigenvalue weighted by molar-refractivity contribution is 9.10. The van der Waals surface area contributed by atoms with E-state index in [1.54, 1.807) is 0 Å². The Balaban J connectivity index is 1.65. The smallest absolute Gasteiger partial charge is 0.0544 e. The second-order valence-corrected chi connectivity index (χ2v) is 6.27. The molecular weight excluding hydrogens is 290 g/mol. The normalized spacial score (nSPS) is 28.9. The van der Waals surface area contributed by atoms with E-state index in [9.17, 15) is 0 Å². The fraction of sp³-hybridized carbons (Fsp3) is 0.643. The van der Waals surface area contributed by atoms with E-state index in [2.05, 4.69) is 43.3 Å². The minimum Gasteiger partial charge on any atom is -0.312 e. The van der Waals surface area contributed by atoms with Crippen LogP contribution < -0.4 is 5.32 Å². The highest BCUT2D eigenvalue weighted by Gasteiger charge is 2.33. The van der Waals surface area contributed by atoms with Crippen molar-refractivity contribution >= 4 is 15.9 Å². The summed E-state index contributed by atoms with van der Waals surface area (Å²) in [6, 6.07) is 5.64. The van der Waals surface area contributed by atoms with Gasteiger partial charge in [0.25, 0.3) is 0 Å². The van der Waals surface area contributed by atoms with Crippen LogP contribution in [0.25, 0.3) is 0 Å². The van der Waals surface area contributed by atoms with Gasteiger partial charge in [-0.3, -0.25) is 9.88 Å². The van der Waals surface area contributed by atoms with Gasteiger partial charge in [-0.15, -0.1) is 0 Å². The van der Waals surface area contributed by atoms with Crippen LogP contribution in [0.1, 0.15) is 31.4 Å². The molecule has 98 valence electrons. The molecule has 2 saturated heterocycles. The quantitative estimate of drug-likeness (QED) is 0.930. The molecule has 0 radical (unpaired) electrons. The predicted octanol–water partition coefficient (Wildman–Crippen LogP) is 2.56. The van der Waals surface area contributed by atoms with Gasteiger partial charge in [-0.05, 0) is 66.8 Å². The van der Waals surface area contributed by atoms with Crippen molar-refractivity contribution in [3.8, 4) is 0 Å². The highest BCUT2D eigenvalue weighted by Crippen LogP contribution is 2.26. The Morgan fingerprint density at radius 1 is 1.33 bits per heavy atom. The van der Waals surface area contributed by atoms with Crippen molar-refractivity contribution < 1.29 is 0 Å². The average Bonchev–Trinajstić information content (AvgIpc) is 3.02. The van der Waals surface area contributed by atoms with E-state index < -0.39 is 0 Å². The molecule has 3 nitrogen and oxygen atoms in total. The summed E-state index contributed by atoms with van der Waals surface area (Å²) in [4.78, 5) is 7.10. The van der Waals surface area contributed by atoms with Gasteiger partial charge in [0.15, 0.2) is 0 Å². The largest absolute Gasteiger partial charge is 0.312 e. The zero-order valence-electron chi connectivity index (χ0n) is 10.6. The highest BCUT2D eigenvalue weighted by atomic mass is 79.9. The monoisotopic (exact) mass is 309 g/mol. The maximum Gasteiger partial charge on any atom is 0.0544 e. The zero-order chi connectivity index (χ0) is 12.4. The van der Waals surface area contributed by atoms with Crippen LogP contribution in [-0.2, 0) is 6.54 Å². The molecule has 2 unspecified atom stereocenters. The minimum atomic E-state index is 0.711. The van der Waals surface area contributed by atoms with Crippen LogP contribution in [0.3, 0.4) is 0 Å². The summed E-state index contributed by atoms with van der Waals surface area (Å²) in [6.45, 7) is 3.42. The number of nitrogens with zero attached hydrogens (tertiary/aromatic N) is 2. The average molecular weight is 310 g/mol. The maximum absolute atomic E-state index is 4.49. The van der Waals surface area contributed by atoms with Crippen molar-refractivity contribution in [2.24, 2.45) is 0 Å². The molecule has 0 saturated carbocycles. The van der Waals surface area contributed by atoms with E-state index in [0.717, 1.165) is 17.1 Å². The number of aromatic nitrogens is 1. The van der Waals surface area contributed by atoms with Gasteiger partial charge in [0.2, 0.25) is 0 Å². The minimum absolute atomic E-state index is 0.711. The first-order valence-electron chi connectivity index (χ1n) is 6.91. The van der Waals surface area contributed by atoms with Crippen LogP contribution in [0.4, 0.5) is 0 Å². The molecular formula is C14H20BrN3. The first kappa shape index (κ1) is 12.6. The summed E-state index contributed by atoms with van der Waals surface area (Å²) in [5, 5.41) is 3.65. The van der Waals surface area contributed by atoms with Crippen molar-refractivity contribution in [3.05, 3.63) is 28.5 Å². The lowest BCUT2D eigenvalue weighted by Crippen LogP contribution is -2.43. The van der Waals surface area contributed by atoms with E-state index in [0.29, 0.717) is 6.04 Å². The number of likely N-dealkylation sites (tertiary alicyclic amines) is 1. The van der Waals surface area contributed by atoms with Gasteiger partial charge in [-0.1, -0.05) is 0 Å². The third-order valence-electron chi connectivity index (χ3n) is 4.13. The molecule has 2 aliphatic rings. The second-order valence-electron chi connectivity index (χ2n) is 5.35. The topological polar surface area (TPSA) is 28.2 Å². The van der Waals surface area contributed by atoms with E-state index in [-0.39, 0.29) is 0 Å². The molecule has 0 bridgehead atoms. The van der Waals surface area contributed by atoms with Gasteiger partial charge < -0.3 is 5.32 Å². The molecule has 1 N–H and O–H groups in total. The van der Waals surface area contributed by atoms with Crippen molar-refractivity contribution in [2.75, 3.05) is 13.1 Å². The van der Waals surface area contributed by atoms with Crippen LogP contribution >= 0.6 is 15.9 Å². The molecule has 1 aromatic heterocycles. The molecule has 2 aliphatic heterocycles. The fourth-order valence-electron chi connectivity index (χ4n) is 3.25. The van der Waals surface area contributed by atoms with Crippen LogP contribution in [-0.4, -0.2) is 35.1 Å². The molecule has 18 heavy (non-hydrogen) atoms. The molecule has 3 rings (SSSR count). The first-order valence-corrected chi connectivity index (χ1v) is 7.70. The lowest BCUT2D eigenvalue weighted by Gasteiger charge is -2.29. The molecule has 1 aromatic rings. The van der Waals surface area contributed by atoms with E-state index in [4.69, 9.17) is 0 Å². The zero-order valence-corrected chi connectivity index (χ0v) is 12.2.